The van der Waals surface area contributed by atoms with E-state index < -0.39 is 0 Å². The summed E-state index contributed by atoms with van der Waals surface area (Å²) in [7, 11) is 0. The van der Waals surface area contributed by atoms with Crippen molar-refractivity contribution in [1.29, 1.82) is 0 Å². The molecule has 4 atom stereocenters. The van der Waals surface area contributed by atoms with E-state index in [1.807, 2.05) is 12.1 Å². The highest BCUT2D eigenvalue weighted by molar-refractivity contribution is 5.95. The van der Waals surface area contributed by atoms with E-state index in [1.165, 1.54) is 31.2 Å². The standard InChI is InChI=1S/C22H32N4O2/c23-21(27)17-5-3-11-26(14-17)13-15-7-9-18(10-8-15)24-22(28)20-12-16-4-1-2-6-19(16)25-20/h7-10,16-17,19-20,25H,1-6,11-14H2,(H2,23,27)(H,24,28). The molecule has 2 amide bonds. The summed E-state index contributed by atoms with van der Waals surface area (Å²) in [5.41, 5.74) is 7.50. The quantitative estimate of drug-likeness (QED) is 0.727. The summed E-state index contributed by atoms with van der Waals surface area (Å²) in [6.45, 7) is 2.55. The van der Waals surface area contributed by atoms with Gasteiger partial charge in [-0.2, -0.15) is 0 Å². The van der Waals surface area contributed by atoms with Gasteiger partial charge in [0.05, 0.1) is 12.0 Å². The Bertz CT molecular complexity index is 691. The van der Waals surface area contributed by atoms with Crippen LogP contribution in [0.1, 0.15) is 50.5 Å². The van der Waals surface area contributed by atoms with Crippen LogP contribution in [0, 0.1) is 11.8 Å². The third-order valence-corrected chi connectivity index (χ3v) is 6.71. The molecule has 0 radical (unpaired) electrons. The van der Waals surface area contributed by atoms with E-state index in [0.717, 1.165) is 44.6 Å². The molecule has 6 nitrogen and oxygen atoms in total. The Hall–Kier alpha value is -1.92. The predicted molar refractivity (Wildman–Crippen MR) is 110 cm³/mol. The molecule has 1 aromatic rings. The van der Waals surface area contributed by atoms with Crippen LogP contribution in [0.4, 0.5) is 5.69 Å². The maximum Gasteiger partial charge on any atom is 0.241 e. The zero-order valence-electron chi connectivity index (χ0n) is 16.5. The van der Waals surface area contributed by atoms with Crippen molar-refractivity contribution in [1.82, 2.24) is 10.2 Å². The van der Waals surface area contributed by atoms with Crippen LogP contribution in [0.25, 0.3) is 0 Å². The lowest BCUT2D eigenvalue weighted by Crippen LogP contribution is -2.40. The Balaban J connectivity index is 1.28. The Morgan fingerprint density at radius 3 is 2.64 bits per heavy atom. The first kappa shape index (κ1) is 19.4. The number of carbonyl (C=O) groups is 2. The molecule has 4 N–H and O–H groups in total. The summed E-state index contributed by atoms with van der Waals surface area (Å²) < 4.78 is 0. The summed E-state index contributed by atoms with van der Waals surface area (Å²) in [4.78, 5) is 26.4. The highest BCUT2D eigenvalue weighted by Gasteiger charge is 2.38. The number of fused-ring (bicyclic) bond motifs is 1. The molecule has 3 fully saturated rings. The first-order valence-electron chi connectivity index (χ1n) is 10.8. The minimum absolute atomic E-state index is 0.0325. The van der Waals surface area contributed by atoms with Crippen LogP contribution in [0.15, 0.2) is 24.3 Å². The van der Waals surface area contributed by atoms with Gasteiger partial charge >= 0.3 is 0 Å². The topological polar surface area (TPSA) is 87.5 Å². The lowest BCUT2D eigenvalue weighted by atomic mass is 9.85. The summed E-state index contributed by atoms with van der Waals surface area (Å²) in [6, 6.07) is 8.54. The second kappa shape index (κ2) is 8.62. The number of amides is 2. The molecule has 1 aromatic carbocycles. The number of hydrogen-bond acceptors (Lipinski definition) is 4. The molecule has 152 valence electrons. The predicted octanol–water partition coefficient (Wildman–Crippen LogP) is 2.24. The SMILES string of the molecule is NC(=O)C1CCCN(Cc2ccc(NC(=O)C3CC4CCCCC4N3)cc2)C1. The molecule has 2 saturated heterocycles. The number of nitrogens with zero attached hydrogens (tertiary/aromatic N) is 1. The van der Waals surface area contributed by atoms with Crippen molar-refractivity contribution in [2.45, 2.75) is 63.6 Å². The molecule has 0 aromatic heterocycles. The highest BCUT2D eigenvalue weighted by atomic mass is 16.2. The monoisotopic (exact) mass is 384 g/mol. The third kappa shape index (κ3) is 4.55. The summed E-state index contributed by atoms with van der Waals surface area (Å²) in [5.74, 6) is 0.529. The van der Waals surface area contributed by atoms with Gasteiger partial charge in [-0.05, 0) is 62.3 Å². The number of carbonyl (C=O) groups excluding carboxylic acids is 2. The number of rotatable bonds is 5. The van der Waals surface area contributed by atoms with E-state index in [2.05, 4.69) is 27.7 Å². The molecular weight excluding hydrogens is 352 g/mol. The number of benzene rings is 1. The van der Waals surface area contributed by atoms with Gasteiger partial charge in [0.1, 0.15) is 0 Å². The lowest BCUT2D eigenvalue weighted by Gasteiger charge is -2.31. The Morgan fingerprint density at radius 1 is 1.11 bits per heavy atom. The maximum atomic E-state index is 12.6. The van der Waals surface area contributed by atoms with Gasteiger partial charge in [0.15, 0.2) is 0 Å². The van der Waals surface area contributed by atoms with Crippen molar-refractivity contribution in [3.63, 3.8) is 0 Å². The van der Waals surface area contributed by atoms with Gasteiger partial charge in [0.2, 0.25) is 11.8 Å². The van der Waals surface area contributed by atoms with Crippen molar-refractivity contribution >= 4 is 17.5 Å². The summed E-state index contributed by atoms with van der Waals surface area (Å²) in [5, 5.41) is 6.61. The van der Waals surface area contributed by atoms with E-state index in [1.54, 1.807) is 0 Å². The molecule has 2 aliphatic heterocycles. The zero-order valence-corrected chi connectivity index (χ0v) is 16.5. The molecule has 1 saturated carbocycles. The van der Waals surface area contributed by atoms with Crippen molar-refractivity contribution in [2.24, 2.45) is 17.6 Å². The molecule has 3 aliphatic rings. The Labute approximate surface area is 167 Å². The average Bonchev–Trinajstić information content (AvgIpc) is 3.14. The Kier molecular flexibility index (Phi) is 5.97. The summed E-state index contributed by atoms with van der Waals surface area (Å²) >= 11 is 0. The van der Waals surface area contributed by atoms with Gasteiger partial charge in [-0.3, -0.25) is 14.5 Å². The number of nitrogens with one attached hydrogen (secondary N) is 2. The van der Waals surface area contributed by atoms with Crippen LogP contribution >= 0.6 is 0 Å². The first-order chi connectivity index (χ1) is 13.6. The number of hydrogen-bond donors (Lipinski definition) is 3. The van der Waals surface area contributed by atoms with Crippen molar-refractivity contribution in [3.05, 3.63) is 29.8 Å². The molecule has 4 unspecified atom stereocenters. The third-order valence-electron chi connectivity index (χ3n) is 6.71. The first-order valence-corrected chi connectivity index (χ1v) is 10.8. The number of likely N-dealkylation sites (tertiary alicyclic amines) is 1. The molecule has 0 bridgehead atoms. The smallest absolute Gasteiger partial charge is 0.241 e. The number of piperidine rings is 1. The van der Waals surface area contributed by atoms with E-state index in [-0.39, 0.29) is 23.8 Å². The summed E-state index contributed by atoms with van der Waals surface area (Å²) in [6.07, 6.45) is 7.91. The fraction of sp³-hybridized carbons (Fsp3) is 0.636. The maximum absolute atomic E-state index is 12.6. The van der Waals surface area contributed by atoms with Crippen LogP contribution in [-0.2, 0) is 16.1 Å². The van der Waals surface area contributed by atoms with E-state index in [9.17, 15) is 9.59 Å². The number of nitrogens with two attached hydrogens (primary N) is 1. The molecule has 4 rings (SSSR count). The Morgan fingerprint density at radius 2 is 1.89 bits per heavy atom. The number of anilines is 1. The minimum atomic E-state index is -0.192. The van der Waals surface area contributed by atoms with Crippen LogP contribution in [-0.4, -0.2) is 41.9 Å². The van der Waals surface area contributed by atoms with Gasteiger partial charge in [-0.25, -0.2) is 0 Å². The van der Waals surface area contributed by atoms with Crippen LogP contribution in [0.5, 0.6) is 0 Å². The van der Waals surface area contributed by atoms with Gasteiger partial charge in [0.25, 0.3) is 0 Å². The average molecular weight is 385 g/mol. The van der Waals surface area contributed by atoms with Crippen molar-refractivity contribution in [2.75, 3.05) is 18.4 Å². The van der Waals surface area contributed by atoms with Gasteiger partial charge in [-0.1, -0.05) is 25.0 Å². The van der Waals surface area contributed by atoms with Crippen LogP contribution in [0.2, 0.25) is 0 Å². The molecule has 2 heterocycles. The number of primary amides is 1. The van der Waals surface area contributed by atoms with E-state index in [4.69, 9.17) is 5.73 Å². The fourth-order valence-electron chi connectivity index (χ4n) is 5.13. The van der Waals surface area contributed by atoms with E-state index >= 15 is 0 Å². The lowest BCUT2D eigenvalue weighted by molar-refractivity contribution is -0.123. The van der Waals surface area contributed by atoms with E-state index in [0.29, 0.717) is 12.0 Å². The van der Waals surface area contributed by atoms with Gasteiger partial charge in [-0.15, -0.1) is 0 Å². The zero-order chi connectivity index (χ0) is 19.5. The van der Waals surface area contributed by atoms with Crippen molar-refractivity contribution < 1.29 is 9.59 Å². The molecule has 6 heteroatoms. The van der Waals surface area contributed by atoms with Crippen LogP contribution < -0.4 is 16.4 Å². The molecular formula is C22H32N4O2. The molecule has 28 heavy (non-hydrogen) atoms. The molecule has 1 aliphatic carbocycles. The minimum Gasteiger partial charge on any atom is -0.369 e. The second-order valence-corrected chi connectivity index (χ2v) is 8.77. The van der Waals surface area contributed by atoms with Gasteiger partial charge in [0, 0.05) is 24.8 Å². The molecule has 0 spiro atoms. The van der Waals surface area contributed by atoms with Gasteiger partial charge < -0.3 is 16.4 Å². The highest BCUT2D eigenvalue weighted by Crippen LogP contribution is 2.33. The largest absolute Gasteiger partial charge is 0.369 e. The second-order valence-electron chi connectivity index (χ2n) is 8.77. The fourth-order valence-corrected chi connectivity index (χ4v) is 5.13. The normalized spacial score (nSPS) is 30.6. The van der Waals surface area contributed by atoms with Crippen molar-refractivity contribution in [3.8, 4) is 0 Å². The van der Waals surface area contributed by atoms with Crippen LogP contribution in [0.3, 0.4) is 0 Å².